The molecule has 2 N–H and O–H groups in total. The lowest BCUT2D eigenvalue weighted by Gasteiger charge is -2.11. The summed E-state index contributed by atoms with van der Waals surface area (Å²) < 4.78 is 5.07. The third-order valence-electron chi connectivity index (χ3n) is 2.35. The highest BCUT2D eigenvalue weighted by molar-refractivity contribution is 5.82. The molecule has 2 unspecified atom stereocenters. The number of nitrogens with one attached hydrogen (secondary N) is 1. The van der Waals surface area contributed by atoms with E-state index in [0.717, 1.165) is 0 Å². The lowest BCUT2D eigenvalue weighted by molar-refractivity contribution is -0.151. The zero-order chi connectivity index (χ0) is 12.0. The number of aliphatic carboxylic acids is 1. The molecule has 1 fully saturated rings. The maximum absolute atomic E-state index is 11.5. The Hall–Kier alpha value is -1.61. The first kappa shape index (κ1) is 12.5. The summed E-state index contributed by atoms with van der Waals surface area (Å²) in [6.07, 6.45) is 0.256. The molecule has 1 heterocycles. The molecule has 16 heavy (non-hydrogen) atoms. The van der Waals surface area contributed by atoms with E-state index >= 15 is 0 Å². The van der Waals surface area contributed by atoms with Crippen molar-refractivity contribution in [1.82, 2.24) is 5.32 Å². The standard InChI is InChI=1S/C10H14N2O4/c11-5-1-2-6-12-9(13)7-3-4-8(16-7)10(14)15/h7-8H,1-4,6H2,(H,12,13)(H,14,15). The molecule has 1 rings (SSSR count). The van der Waals surface area contributed by atoms with Crippen LogP contribution in [-0.2, 0) is 14.3 Å². The number of nitriles is 1. The minimum absolute atomic E-state index is 0.290. The van der Waals surface area contributed by atoms with Crippen molar-refractivity contribution < 1.29 is 19.4 Å². The van der Waals surface area contributed by atoms with Gasteiger partial charge in [0.1, 0.15) is 6.10 Å². The van der Waals surface area contributed by atoms with E-state index in [-0.39, 0.29) is 5.91 Å². The minimum Gasteiger partial charge on any atom is -0.479 e. The zero-order valence-electron chi connectivity index (χ0n) is 8.81. The highest BCUT2D eigenvalue weighted by atomic mass is 16.5. The van der Waals surface area contributed by atoms with Gasteiger partial charge in [-0.2, -0.15) is 5.26 Å². The van der Waals surface area contributed by atoms with Crippen LogP contribution in [0.5, 0.6) is 0 Å². The van der Waals surface area contributed by atoms with Gasteiger partial charge in [0.05, 0.1) is 6.07 Å². The number of hydrogen-bond donors (Lipinski definition) is 2. The van der Waals surface area contributed by atoms with E-state index in [1.165, 1.54) is 0 Å². The normalized spacial score (nSPS) is 23.7. The van der Waals surface area contributed by atoms with Gasteiger partial charge in [0.25, 0.3) is 0 Å². The lowest BCUT2D eigenvalue weighted by Crippen LogP contribution is -2.36. The first-order chi connectivity index (χ1) is 7.65. The Morgan fingerprint density at radius 2 is 2.12 bits per heavy atom. The van der Waals surface area contributed by atoms with Crippen LogP contribution in [0.2, 0.25) is 0 Å². The summed E-state index contributed by atoms with van der Waals surface area (Å²) >= 11 is 0. The second-order valence-corrected chi connectivity index (χ2v) is 3.58. The van der Waals surface area contributed by atoms with Crippen LogP contribution in [0.15, 0.2) is 0 Å². The predicted octanol–water partition coefficient (Wildman–Crippen LogP) is 0.0386. The van der Waals surface area contributed by atoms with Crippen molar-refractivity contribution in [3.63, 3.8) is 0 Å². The van der Waals surface area contributed by atoms with Crippen LogP contribution < -0.4 is 5.32 Å². The fourth-order valence-corrected chi connectivity index (χ4v) is 1.50. The maximum Gasteiger partial charge on any atom is 0.332 e. The molecule has 6 nitrogen and oxygen atoms in total. The predicted molar refractivity (Wildman–Crippen MR) is 53.4 cm³/mol. The number of nitrogens with zero attached hydrogens (tertiary/aromatic N) is 1. The summed E-state index contributed by atoms with van der Waals surface area (Å²) in [6.45, 7) is 0.421. The van der Waals surface area contributed by atoms with Gasteiger partial charge >= 0.3 is 5.97 Å². The summed E-state index contributed by atoms with van der Waals surface area (Å²) in [5, 5.41) is 19.6. The van der Waals surface area contributed by atoms with E-state index in [0.29, 0.717) is 32.2 Å². The van der Waals surface area contributed by atoms with Crippen molar-refractivity contribution in [1.29, 1.82) is 5.26 Å². The Morgan fingerprint density at radius 3 is 2.69 bits per heavy atom. The number of carbonyl (C=O) groups is 2. The van der Waals surface area contributed by atoms with E-state index < -0.39 is 18.2 Å². The molecule has 0 bridgehead atoms. The van der Waals surface area contributed by atoms with E-state index in [4.69, 9.17) is 15.1 Å². The number of unbranched alkanes of at least 4 members (excludes halogenated alkanes) is 1. The Kier molecular flexibility index (Phi) is 4.73. The first-order valence-corrected chi connectivity index (χ1v) is 5.18. The average Bonchev–Trinajstić information content (AvgIpc) is 2.73. The molecule has 1 amide bonds. The second kappa shape index (κ2) is 6.08. The van der Waals surface area contributed by atoms with Crippen molar-refractivity contribution >= 4 is 11.9 Å². The summed E-state index contributed by atoms with van der Waals surface area (Å²) in [4.78, 5) is 22.0. The second-order valence-electron chi connectivity index (χ2n) is 3.58. The van der Waals surface area contributed by atoms with E-state index in [2.05, 4.69) is 5.32 Å². The SMILES string of the molecule is N#CCCCNC(=O)C1CCC(C(=O)O)O1. The molecule has 0 aromatic carbocycles. The zero-order valence-corrected chi connectivity index (χ0v) is 8.81. The van der Waals surface area contributed by atoms with Gasteiger partial charge in [-0.15, -0.1) is 0 Å². The number of hydrogen-bond acceptors (Lipinski definition) is 4. The van der Waals surface area contributed by atoms with Gasteiger partial charge in [-0.05, 0) is 19.3 Å². The van der Waals surface area contributed by atoms with Crippen LogP contribution in [0.1, 0.15) is 25.7 Å². The molecule has 0 radical (unpaired) electrons. The molecular formula is C10H14N2O4. The van der Waals surface area contributed by atoms with Gasteiger partial charge in [-0.3, -0.25) is 4.79 Å². The smallest absolute Gasteiger partial charge is 0.332 e. The Balaban J connectivity index is 2.23. The fourth-order valence-electron chi connectivity index (χ4n) is 1.50. The first-order valence-electron chi connectivity index (χ1n) is 5.18. The van der Waals surface area contributed by atoms with Crippen molar-refractivity contribution in [3.05, 3.63) is 0 Å². The Labute approximate surface area is 93.2 Å². The summed E-state index contributed by atoms with van der Waals surface area (Å²) in [7, 11) is 0. The Morgan fingerprint density at radius 1 is 1.44 bits per heavy atom. The third kappa shape index (κ3) is 3.51. The third-order valence-corrected chi connectivity index (χ3v) is 2.35. The number of carboxylic acids is 1. The molecule has 6 heteroatoms. The van der Waals surface area contributed by atoms with Gasteiger partial charge in [0, 0.05) is 13.0 Å². The topological polar surface area (TPSA) is 99.4 Å². The lowest BCUT2D eigenvalue weighted by atomic mass is 10.2. The van der Waals surface area contributed by atoms with Crippen molar-refractivity contribution in [2.75, 3.05) is 6.54 Å². The number of carboxylic acid groups (broad SMARTS) is 1. The van der Waals surface area contributed by atoms with Crippen molar-refractivity contribution in [2.45, 2.75) is 37.9 Å². The van der Waals surface area contributed by atoms with Crippen molar-refractivity contribution in [3.8, 4) is 6.07 Å². The van der Waals surface area contributed by atoms with Crippen LogP contribution in [0.3, 0.4) is 0 Å². The molecule has 0 saturated carbocycles. The number of carbonyl (C=O) groups excluding carboxylic acids is 1. The molecule has 0 aromatic rings. The molecule has 0 aliphatic carbocycles. The van der Waals surface area contributed by atoms with E-state index in [1.54, 1.807) is 0 Å². The van der Waals surface area contributed by atoms with Gasteiger partial charge in [0.2, 0.25) is 5.91 Å². The van der Waals surface area contributed by atoms with Crippen LogP contribution in [0, 0.1) is 11.3 Å². The van der Waals surface area contributed by atoms with Gasteiger partial charge in [-0.1, -0.05) is 0 Å². The summed E-state index contributed by atoms with van der Waals surface area (Å²) in [5.41, 5.74) is 0. The molecule has 0 aromatic heterocycles. The highest BCUT2D eigenvalue weighted by Gasteiger charge is 2.34. The van der Waals surface area contributed by atoms with Crippen LogP contribution in [-0.4, -0.2) is 35.7 Å². The molecule has 0 spiro atoms. The van der Waals surface area contributed by atoms with Gasteiger partial charge < -0.3 is 15.2 Å². The van der Waals surface area contributed by atoms with Crippen LogP contribution >= 0.6 is 0 Å². The summed E-state index contributed by atoms with van der Waals surface area (Å²) in [6, 6.07) is 1.97. The van der Waals surface area contributed by atoms with Gasteiger partial charge in [-0.25, -0.2) is 4.79 Å². The Bertz CT molecular complexity index is 310. The van der Waals surface area contributed by atoms with Crippen molar-refractivity contribution in [2.24, 2.45) is 0 Å². The minimum atomic E-state index is -1.03. The molecule has 1 aliphatic heterocycles. The molecular weight excluding hydrogens is 212 g/mol. The quantitative estimate of drug-likeness (QED) is 0.645. The number of ether oxygens (including phenoxy) is 1. The molecule has 1 aliphatic rings. The van der Waals surface area contributed by atoms with Gasteiger partial charge in [0.15, 0.2) is 6.10 Å². The summed E-state index contributed by atoms with van der Waals surface area (Å²) in [5.74, 6) is -1.32. The van der Waals surface area contributed by atoms with E-state index in [9.17, 15) is 9.59 Å². The molecule has 2 atom stereocenters. The highest BCUT2D eigenvalue weighted by Crippen LogP contribution is 2.19. The van der Waals surface area contributed by atoms with Crippen LogP contribution in [0.25, 0.3) is 0 Å². The average molecular weight is 226 g/mol. The number of rotatable bonds is 5. The maximum atomic E-state index is 11.5. The van der Waals surface area contributed by atoms with Crippen LogP contribution in [0.4, 0.5) is 0 Å². The number of amides is 1. The fraction of sp³-hybridized carbons (Fsp3) is 0.700. The largest absolute Gasteiger partial charge is 0.479 e. The monoisotopic (exact) mass is 226 g/mol. The van der Waals surface area contributed by atoms with E-state index in [1.807, 2.05) is 6.07 Å². The molecule has 1 saturated heterocycles. The molecule has 88 valence electrons.